The number of nitrogens with one attached hydrogen (secondary N) is 1. The maximum atomic E-state index is 13.1. The smallest absolute Gasteiger partial charge is 0.407 e. The Labute approximate surface area is 203 Å². The highest BCUT2D eigenvalue weighted by molar-refractivity contribution is 5.70. The fourth-order valence-electron chi connectivity index (χ4n) is 6.44. The molecule has 0 spiro atoms. The fraction of sp³-hybridized carbons (Fsp3) is 0.552. The maximum absolute atomic E-state index is 13.1. The molecule has 4 aliphatic rings. The van der Waals surface area contributed by atoms with Crippen LogP contribution in [0, 0.1) is 11.3 Å². The van der Waals surface area contributed by atoms with Gasteiger partial charge in [-0.25, -0.2) is 4.79 Å². The van der Waals surface area contributed by atoms with E-state index >= 15 is 0 Å². The standard InChI is InChI=1S/C29H38N2O3/c1-4-29(5-2)18-23-16-22(21-8-7-9-24(17-21)33-6-3)10-11-25(23)27(29)30-28(32)34-26-19-31-14-12-20(26)13-15-31/h7-11,16-17,20,26-27H,4-6,12-15,18-19H2,1-3H3,(H,30,32)/t26-,27?/m1/s1. The zero-order valence-electron chi connectivity index (χ0n) is 20.8. The van der Waals surface area contributed by atoms with Gasteiger partial charge in [-0.05, 0) is 97.8 Å². The van der Waals surface area contributed by atoms with Crippen molar-refractivity contribution in [3.05, 3.63) is 53.6 Å². The summed E-state index contributed by atoms with van der Waals surface area (Å²) in [5.74, 6) is 1.41. The van der Waals surface area contributed by atoms with Gasteiger partial charge in [0.15, 0.2) is 0 Å². The highest BCUT2D eigenvalue weighted by Crippen LogP contribution is 2.51. The normalized spacial score (nSPS) is 26.7. The van der Waals surface area contributed by atoms with Gasteiger partial charge in [-0.3, -0.25) is 4.90 Å². The summed E-state index contributed by atoms with van der Waals surface area (Å²) >= 11 is 0. The first-order valence-electron chi connectivity index (χ1n) is 13.1. The van der Waals surface area contributed by atoms with E-state index in [1.807, 2.05) is 19.1 Å². The molecule has 2 bridgehead atoms. The van der Waals surface area contributed by atoms with E-state index in [0.29, 0.717) is 12.5 Å². The third kappa shape index (κ3) is 4.31. The number of alkyl carbamates (subject to hydrolysis) is 1. The molecule has 0 radical (unpaired) electrons. The molecule has 5 heteroatoms. The molecule has 5 nitrogen and oxygen atoms in total. The summed E-state index contributed by atoms with van der Waals surface area (Å²) in [4.78, 5) is 15.5. The number of amides is 1. The van der Waals surface area contributed by atoms with Crippen molar-refractivity contribution in [2.45, 2.75) is 65.0 Å². The highest BCUT2D eigenvalue weighted by Gasteiger charge is 2.45. The van der Waals surface area contributed by atoms with Gasteiger partial charge in [0.25, 0.3) is 0 Å². The Morgan fingerprint density at radius 1 is 1.06 bits per heavy atom. The van der Waals surface area contributed by atoms with Crippen LogP contribution in [0.25, 0.3) is 11.1 Å². The van der Waals surface area contributed by atoms with E-state index in [1.54, 1.807) is 0 Å². The van der Waals surface area contributed by atoms with Crippen LogP contribution in [0.3, 0.4) is 0 Å². The molecule has 0 aromatic heterocycles. The van der Waals surface area contributed by atoms with Crippen molar-refractivity contribution in [1.82, 2.24) is 10.2 Å². The van der Waals surface area contributed by atoms with Crippen LogP contribution in [-0.4, -0.2) is 43.3 Å². The number of carbonyl (C=O) groups excluding carboxylic acids is 1. The Bertz CT molecular complexity index is 1020. The average molecular weight is 463 g/mol. The second-order valence-electron chi connectivity index (χ2n) is 10.3. The lowest BCUT2D eigenvalue weighted by Gasteiger charge is -2.44. The SMILES string of the molecule is CCOc1cccc(-c2ccc3c(c2)CC(CC)(CC)C3NC(=O)O[C@@H]2CN3CCC2CC3)c1. The van der Waals surface area contributed by atoms with Gasteiger partial charge in [0.05, 0.1) is 12.6 Å². The van der Waals surface area contributed by atoms with Crippen LogP contribution in [0.5, 0.6) is 5.75 Å². The van der Waals surface area contributed by atoms with Crippen LogP contribution in [0.2, 0.25) is 0 Å². The number of rotatable bonds is 7. The third-order valence-electron chi connectivity index (χ3n) is 8.61. The number of piperidine rings is 3. The summed E-state index contributed by atoms with van der Waals surface area (Å²) in [6.45, 7) is 10.3. The molecule has 2 aromatic rings. The van der Waals surface area contributed by atoms with E-state index in [9.17, 15) is 4.79 Å². The minimum Gasteiger partial charge on any atom is -0.494 e. The Kier molecular flexibility index (Phi) is 6.57. The van der Waals surface area contributed by atoms with E-state index in [0.717, 1.165) is 63.1 Å². The van der Waals surface area contributed by atoms with Crippen molar-refractivity contribution in [1.29, 1.82) is 0 Å². The van der Waals surface area contributed by atoms with Crippen LogP contribution in [0.1, 0.15) is 63.6 Å². The van der Waals surface area contributed by atoms with Crippen molar-refractivity contribution >= 4 is 6.09 Å². The van der Waals surface area contributed by atoms with Crippen molar-refractivity contribution in [3.63, 3.8) is 0 Å². The maximum Gasteiger partial charge on any atom is 0.407 e. The lowest BCUT2D eigenvalue weighted by atomic mass is 9.76. The minimum absolute atomic E-state index is 0.0161. The van der Waals surface area contributed by atoms with E-state index in [4.69, 9.17) is 9.47 Å². The second-order valence-corrected chi connectivity index (χ2v) is 10.3. The Morgan fingerprint density at radius 2 is 1.82 bits per heavy atom. The molecule has 0 saturated carbocycles. The third-order valence-corrected chi connectivity index (χ3v) is 8.61. The number of nitrogens with zero attached hydrogens (tertiary/aromatic N) is 1. The van der Waals surface area contributed by atoms with E-state index < -0.39 is 0 Å². The Morgan fingerprint density at radius 3 is 2.50 bits per heavy atom. The van der Waals surface area contributed by atoms with Gasteiger partial charge in [0, 0.05) is 6.54 Å². The van der Waals surface area contributed by atoms with E-state index in [2.05, 4.69) is 54.4 Å². The first-order chi connectivity index (χ1) is 16.5. The summed E-state index contributed by atoms with van der Waals surface area (Å²) in [5.41, 5.74) is 4.93. The molecule has 1 amide bonds. The molecule has 3 saturated heterocycles. The monoisotopic (exact) mass is 462 g/mol. The minimum atomic E-state index is -0.253. The van der Waals surface area contributed by atoms with Gasteiger partial charge in [0.2, 0.25) is 0 Å². The molecule has 1 N–H and O–H groups in total. The van der Waals surface area contributed by atoms with Crippen LogP contribution in [-0.2, 0) is 11.2 Å². The van der Waals surface area contributed by atoms with Crippen LogP contribution >= 0.6 is 0 Å². The van der Waals surface area contributed by atoms with E-state index in [1.165, 1.54) is 16.7 Å². The summed E-state index contributed by atoms with van der Waals surface area (Å²) in [7, 11) is 0. The molecule has 182 valence electrons. The largest absolute Gasteiger partial charge is 0.494 e. The van der Waals surface area contributed by atoms with Crippen molar-refractivity contribution in [2.75, 3.05) is 26.2 Å². The molecular formula is C29H38N2O3. The van der Waals surface area contributed by atoms with Crippen LogP contribution < -0.4 is 10.1 Å². The number of ether oxygens (including phenoxy) is 2. The van der Waals surface area contributed by atoms with Gasteiger partial charge in [0.1, 0.15) is 11.9 Å². The molecule has 2 atom stereocenters. The average Bonchev–Trinajstić information content (AvgIpc) is 3.18. The summed E-state index contributed by atoms with van der Waals surface area (Å²) in [5, 5.41) is 3.32. The molecule has 34 heavy (non-hydrogen) atoms. The first kappa shape index (κ1) is 23.2. The molecule has 3 heterocycles. The Balaban J connectivity index is 1.37. The molecular weight excluding hydrogens is 424 g/mol. The predicted molar refractivity (Wildman–Crippen MR) is 135 cm³/mol. The van der Waals surface area contributed by atoms with Gasteiger partial charge in [-0.15, -0.1) is 0 Å². The Hall–Kier alpha value is -2.53. The number of fused-ring (bicyclic) bond motifs is 4. The zero-order chi connectivity index (χ0) is 23.7. The lowest BCUT2D eigenvalue weighted by molar-refractivity contribution is -0.0353. The second kappa shape index (κ2) is 9.61. The summed E-state index contributed by atoms with van der Waals surface area (Å²) in [6.07, 6.45) is 5.06. The van der Waals surface area contributed by atoms with Crippen molar-refractivity contribution in [2.24, 2.45) is 11.3 Å². The fourth-order valence-corrected chi connectivity index (χ4v) is 6.44. The summed E-state index contributed by atoms with van der Waals surface area (Å²) < 4.78 is 11.7. The zero-order valence-corrected chi connectivity index (χ0v) is 20.8. The quantitative estimate of drug-likeness (QED) is 0.550. The van der Waals surface area contributed by atoms with Gasteiger partial charge in [-0.1, -0.05) is 44.2 Å². The van der Waals surface area contributed by atoms with Crippen molar-refractivity contribution in [3.8, 4) is 16.9 Å². The van der Waals surface area contributed by atoms with Gasteiger partial charge >= 0.3 is 6.09 Å². The molecule has 3 fully saturated rings. The molecule has 1 unspecified atom stereocenters. The highest BCUT2D eigenvalue weighted by atomic mass is 16.6. The van der Waals surface area contributed by atoms with E-state index in [-0.39, 0.29) is 23.7 Å². The van der Waals surface area contributed by atoms with Crippen molar-refractivity contribution < 1.29 is 14.3 Å². The first-order valence-corrected chi connectivity index (χ1v) is 13.1. The van der Waals surface area contributed by atoms with Crippen LogP contribution in [0.4, 0.5) is 4.79 Å². The number of carbonyl (C=O) groups is 1. The van der Waals surface area contributed by atoms with Gasteiger partial charge in [-0.2, -0.15) is 0 Å². The van der Waals surface area contributed by atoms with Crippen LogP contribution in [0.15, 0.2) is 42.5 Å². The topological polar surface area (TPSA) is 50.8 Å². The molecule has 3 aliphatic heterocycles. The molecule has 2 aromatic carbocycles. The molecule has 1 aliphatic carbocycles. The number of hydrogen-bond acceptors (Lipinski definition) is 4. The summed E-state index contributed by atoms with van der Waals surface area (Å²) in [6, 6.07) is 15.0. The lowest BCUT2D eigenvalue weighted by Crippen LogP contribution is -2.53. The number of benzene rings is 2. The number of hydrogen-bond donors (Lipinski definition) is 1. The molecule has 6 rings (SSSR count). The predicted octanol–water partition coefficient (Wildman–Crippen LogP) is 5.98. The van der Waals surface area contributed by atoms with Gasteiger partial charge < -0.3 is 14.8 Å².